The molecule has 1 aromatic rings. The highest BCUT2D eigenvalue weighted by Crippen LogP contribution is 2.30. The van der Waals surface area contributed by atoms with Crippen molar-refractivity contribution in [2.75, 3.05) is 0 Å². The zero-order chi connectivity index (χ0) is 11.9. The van der Waals surface area contributed by atoms with Gasteiger partial charge in [0.2, 0.25) is 0 Å². The normalized spacial score (nSPS) is 16.2. The van der Waals surface area contributed by atoms with Gasteiger partial charge in [-0.2, -0.15) is 0 Å². The van der Waals surface area contributed by atoms with Gasteiger partial charge < -0.3 is 0 Å². The van der Waals surface area contributed by atoms with Crippen LogP contribution in [0.25, 0.3) is 0 Å². The topological polar surface area (TPSA) is 3.24 Å². The molecule has 1 nitrogen and oxygen atoms in total. The summed E-state index contributed by atoms with van der Waals surface area (Å²) in [6.45, 7) is 13.6. The minimum Gasteiger partial charge on any atom is -0.292 e. The van der Waals surface area contributed by atoms with Gasteiger partial charge in [0.25, 0.3) is 0 Å². The maximum Gasteiger partial charge on any atom is 0.0245 e. The van der Waals surface area contributed by atoms with Crippen molar-refractivity contribution in [2.24, 2.45) is 0 Å². The monoisotopic (exact) mass is 217 g/mol. The van der Waals surface area contributed by atoms with Crippen LogP contribution in [0.5, 0.6) is 0 Å². The van der Waals surface area contributed by atoms with Crippen molar-refractivity contribution in [2.45, 2.75) is 59.7 Å². The number of nitrogens with zero attached hydrogens (tertiary/aromatic N) is 1. The lowest BCUT2D eigenvalue weighted by Gasteiger charge is -2.19. The van der Waals surface area contributed by atoms with Crippen molar-refractivity contribution in [1.29, 1.82) is 0 Å². The summed E-state index contributed by atoms with van der Waals surface area (Å²) in [4.78, 5) is 2.54. The van der Waals surface area contributed by atoms with E-state index in [0.717, 1.165) is 13.1 Å². The van der Waals surface area contributed by atoms with Crippen molar-refractivity contribution < 1.29 is 0 Å². The molecule has 1 aromatic carbocycles. The first kappa shape index (κ1) is 11.7. The fraction of sp³-hybridized carbons (Fsp3) is 0.600. The van der Waals surface area contributed by atoms with Gasteiger partial charge in [-0.3, -0.25) is 4.90 Å². The minimum absolute atomic E-state index is 0.636. The van der Waals surface area contributed by atoms with Crippen LogP contribution in [0.3, 0.4) is 0 Å². The number of hydrogen-bond acceptors (Lipinski definition) is 1. The Balaban J connectivity index is 2.35. The highest BCUT2D eigenvalue weighted by Gasteiger charge is 2.23. The van der Waals surface area contributed by atoms with E-state index in [1.807, 2.05) is 0 Å². The summed E-state index contributed by atoms with van der Waals surface area (Å²) in [6, 6.07) is 5.43. The molecule has 0 aliphatic carbocycles. The van der Waals surface area contributed by atoms with E-state index in [2.05, 4.69) is 51.7 Å². The fourth-order valence-electron chi connectivity index (χ4n) is 2.46. The SMILES string of the molecule is Cc1cc(C(C)C)cc2c1CN(C(C)C)C2. The summed E-state index contributed by atoms with van der Waals surface area (Å²) >= 11 is 0. The smallest absolute Gasteiger partial charge is 0.0245 e. The minimum atomic E-state index is 0.636. The second-order valence-corrected chi connectivity index (χ2v) is 5.63. The van der Waals surface area contributed by atoms with E-state index in [-0.39, 0.29) is 0 Å². The maximum atomic E-state index is 2.54. The molecule has 0 bridgehead atoms. The highest BCUT2D eigenvalue weighted by atomic mass is 15.2. The van der Waals surface area contributed by atoms with E-state index in [1.54, 1.807) is 11.1 Å². The van der Waals surface area contributed by atoms with Crippen molar-refractivity contribution >= 4 is 0 Å². The third kappa shape index (κ3) is 2.01. The molecule has 1 aliphatic rings. The van der Waals surface area contributed by atoms with Crippen molar-refractivity contribution in [3.05, 3.63) is 34.4 Å². The van der Waals surface area contributed by atoms with Gasteiger partial charge in [0.15, 0.2) is 0 Å². The molecule has 0 fully saturated rings. The summed E-state index contributed by atoms with van der Waals surface area (Å²) < 4.78 is 0. The van der Waals surface area contributed by atoms with E-state index in [1.165, 1.54) is 11.1 Å². The third-order valence-corrected chi connectivity index (χ3v) is 3.72. The Morgan fingerprint density at radius 2 is 1.75 bits per heavy atom. The predicted octanol–water partition coefficient (Wildman–Crippen LogP) is 3.84. The van der Waals surface area contributed by atoms with Gasteiger partial charge in [-0.05, 0) is 48.9 Å². The number of fused-ring (bicyclic) bond motifs is 1. The van der Waals surface area contributed by atoms with Crippen LogP contribution in [0.4, 0.5) is 0 Å². The third-order valence-electron chi connectivity index (χ3n) is 3.72. The molecule has 0 unspecified atom stereocenters. The predicted molar refractivity (Wildman–Crippen MR) is 69.7 cm³/mol. The molecule has 0 radical (unpaired) electrons. The van der Waals surface area contributed by atoms with Crippen LogP contribution >= 0.6 is 0 Å². The molecule has 16 heavy (non-hydrogen) atoms. The van der Waals surface area contributed by atoms with E-state index < -0.39 is 0 Å². The van der Waals surface area contributed by atoms with Gasteiger partial charge in [-0.25, -0.2) is 0 Å². The molecule has 2 rings (SSSR count). The second kappa shape index (κ2) is 4.21. The molecular formula is C15H23N. The lowest BCUT2D eigenvalue weighted by Crippen LogP contribution is -2.24. The Hall–Kier alpha value is -0.820. The van der Waals surface area contributed by atoms with Gasteiger partial charge in [-0.1, -0.05) is 26.0 Å². The Labute approximate surface area is 99.5 Å². The van der Waals surface area contributed by atoms with Crippen molar-refractivity contribution in [3.63, 3.8) is 0 Å². The van der Waals surface area contributed by atoms with Gasteiger partial charge in [-0.15, -0.1) is 0 Å². The van der Waals surface area contributed by atoms with Crippen LogP contribution < -0.4 is 0 Å². The van der Waals surface area contributed by atoms with Crippen molar-refractivity contribution in [1.82, 2.24) is 4.90 Å². The van der Waals surface area contributed by atoms with Gasteiger partial charge in [0.05, 0.1) is 0 Å². The molecule has 0 N–H and O–H groups in total. The number of aryl methyl sites for hydroxylation is 1. The van der Waals surface area contributed by atoms with Crippen LogP contribution in [0.2, 0.25) is 0 Å². The molecule has 0 saturated heterocycles. The Morgan fingerprint density at radius 1 is 1.06 bits per heavy atom. The van der Waals surface area contributed by atoms with Gasteiger partial charge in [0, 0.05) is 19.1 Å². The highest BCUT2D eigenvalue weighted by molar-refractivity contribution is 5.42. The molecule has 88 valence electrons. The zero-order valence-electron chi connectivity index (χ0n) is 11.2. The number of benzene rings is 1. The lowest BCUT2D eigenvalue weighted by molar-refractivity contribution is 0.227. The number of hydrogen-bond donors (Lipinski definition) is 0. The number of rotatable bonds is 2. The summed E-state index contributed by atoms with van der Waals surface area (Å²) in [5.74, 6) is 0.636. The first-order valence-corrected chi connectivity index (χ1v) is 6.35. The van der Waals surface area contributed by atoms with Crippen molar-refractivity contribution in [3.8, 4) is 0 Å². The Kier molecular flexibility index (Phi) is 3.07. The quantitative estimate of drug-likeness (QED) is 0.727. The lowest BCUT2D eigenvalue weighted by atomic mass is 9.95. The average molecular weight is 217 g/mol. The van der Waals surface area contributed by atoms with E-state index in [4.69, 9.17) is 0 Å². The Morgan fingerprint density at radius 3 is 2.31 bits per heavy atom. The van der Waals surface area contributed by atoms with Crippen LogP contribution in [-0.4, -0.2) is 10.9 Å². The van der Waals surface area contributed by atoms with Gasteiger partial charge >= 0.3 is 0 Å². The Bertz CT molecular complexity index is 391. The van der Waals surface area contributed by atoms with E-state index in [0.29, 0.717) is 12.0 Å². The van der Waals surface area contributed by atoms with Crippen LogP contribution in [0, 0.1) is 6.92 Å². The molecule has 1 aliphatic heterocycles. The molecule has 1 heteroatoms. The van der Waals surface area contributed by atoms with E-state index >= 15 is 0 Å². The van der Waals surface area contributed by atoms with E-state index in [9.17, 15) is 0 Å². The molecule has 0 amide bonds. The standard InChI is InChI=1S/C15H23N/c1-10(2)13-6-12(5)15-9-16(11(3)4)8-14(15)7-13/h6-7,10-11H,8-9H2,1-5H3. The van der Waals surface area contributed by atoms with Crippen LogP contribution in [0.1, 0.15) is 55.9 Å². The van der Waals surface area contributed by atoms with Crippen LogP contribution in [0.15, 0.2) is 12.1 Å². The first-order valence-electron chi connectivity index (χ1n) is 6.35. The molecule has 0 spiro atoms. The molecule has 0 saturated carbocycles. The van der Waals surface area contributed by atoms with Crippen LogP contribution in [-0.2, 0) is 13.1 Å². The first-order chi connectivity index (χ1) is 7.49. The molecule has 1 heterocycles. The molecule has 0 atom stereocenters. The second-order valence-electron chi connectivity index (χ2n) is 5.63. The summed E-state index contributed by atoms with van der Waals surface area (Å²) in [5, 5.41) is 0. The summed E-state index contributed by atoms with van der Waals surface area (Å²) in [6.07, 6.45) is 0. The maximum absolute atomic E-state index is 2.54. The zero-order valence-corrected chi connectivity index (χ0v) is 11.2. The molecule has 0 aromatic heterocycles. The average Bonchev–Trinajstić information content (AvgIpc) is 2.61. The fourth-order valence-corrected chi connectivity index (χ4v) is 2.46. The molecular weight excluding hydrogens is 194 g/mol. The van der Waals surface area contributed by atoms with Gasteiger partial charge in [0.1, 0.15) is 0 Å². The summed E-state index contributed by atoms with van der Waals surface area (Å²) in [7, 11) is 0. The summed E-state index contributed by atoms with van der Waals surface area (Å²) in [5.41, 5.74) is 6.08. The largest absolute Gasteiger partial charge is 0.292 e.